The van der Waals surface area contributed by atoms with Gasteiger partial charge in [0.25, 0.3) is 0 Å². The first kappa shape index (κ1) is 26.6. The maximum absolute atomic E-state index is 14.1. The van der Waals surface area contributed by atoms with Crippen molar-refractivity contribution in [2.75, 3.05) is 5.32 Å². The van der Waals surface area contributed by atoms with Gasteiger partial charge < -0.3 is 10.1 Å². The fourth-order valence-corrected chi connectivity index (χ4v) is 5.30. The number of carbonyl (C=O) groups excluding carboxylic acids is 1. The van der Waals surface area contributed by atoms with E-state index >= 15 is 0 Å². The lowest BCUT2D eigenvalue weighted by Crippen LogP contribution is -2.36. The van der Waals surface area contributed by atoms with E-state index in [2.05, 4.69) is 10.4 Å². The smallest absolute Gasteiger partial charge is 0.410 e. The molecule has 0 bridgehead atoms. The molecule has 2 unspecified atom stereocenters. The topological polar surface area (TPSA) is 56.1 Å². The molecule has 0 aliphatic carbocycles. The Hall–Kier alpha value is -4.59. The number of nitrogens with zero attached hydrogens (tertiary/aromatic N) is 2. The largest absolute Gasteiger partial charge is 0.489 e. The van der Waals surface area contributed by atoms with Gasteiger partial charge in [-0.05, 0) is 52.1 Å². The number of ether oxygens (including phenoxy) is 1. The number of rotatable bonds is 8. The lowest BCUT2D eigenvalue weighted by molar-refractivity contribution is -0.173. The van der Waals surface area contributed by atoms with E-state index in [0.29, 0.717) is 13.0 Å². The van der Waals surface area contributed by atoms with Crippen LogP contribution in [0.15, 0.2) is 103 Å². The monoisotopic (exact) mass is 555 g/mol. The van der Waals surface area contributed by atoms with Gasteiger partial charge in [-0.2, -0.15) is 18.3 Å². The molecule has 41 heavy (non-hydrogen) atoms. The van der Waals surface area contributed by atoms with Gasteiger partial charge in [0, 0.05) is 12.8 Å². The van der Waals surface area contributed by atoms with E-state index in [0.717, 1.165) is 37.9 Å². The summed E-state index contributed by atoms with van der Waals surface area (Å²) in [7, 11) is 0. The molecule has 8 heteroatoms. The Morgan fingerprint density at radius 1 is 0.902 bits per heavy atom. The number of anilines is 1. The molecule has 1 N–H and O–H groups in total. The van der Waals surface area contributed by atoms with Crippen LogP contribution in [0, 0.1) is 0 Å². The molecule has 2 heterocycles. The summed E-state index contributed by atoms with van der Waals surface area (Å²) in [6, 6.07) is 28.3. The molecule has 0 spiro atoms. The third kappa shape index (κ3) is 5.82. The minimum absolute atomic E-state index is 0.117. The highest BCUT2D eigenvalue weighted by molar-refractivity contribution is 6.00. The Morgan fingerprint density at radius 3 is 2.39 bits per heavy atom. The number of aromatic nitrogens is 2. The number of aryl methyl sites for hydroxylation is 1. The molecule has 208 valence electrons. The zero-order valence-corrected chi connectivity index (χ0v) is 22.1. The van der Waals surface area contributed by atoms with E-state index in [-0.39, 0.29) is 30.0 Å². The molecule has 4 aromatic carbocycles. The van der Waals surface area contributed by atoms with Crippen LogP contribution in [0.3, 0.4) is 0 Å². The van der Waals surface area contributed by atoms with Crippen molar-refractivity contribution in [1.29, 1.82) is 0 Å². The molecule has 0 amide bonds. The van der Waals surface area contributed by atoms with Crippen LogP contribution >= 0.6 is 0 Å². The van der Waals surface area contributed by atoms with Gasteiger partial charge in [-0.15, -0.1) is 0 Å². The molecule has 2 atom stereocenters. The number of Topliss-reactive ketones (excluding diaryl/α,β-unsaturated/α-hetero) is 1. The molecule has 0 saturated heterocycles. The number of ketones is 1. The second-order valence-electron chi connectivity index (χ2n) is 10.3. The summed E-state index contributed by atoms with van der Waals surface area (Å²) < 4.78 is 49.2. The maximum atomic E-state index is 14.1. The minimum atomic E-state index is -4.51. The van der Waals surface area contributed by atoms with E-state index in [9.17, 15) is 18.0 Å². The number of halogens is 3. The SMILES string of the molecule is O=C(CCc1ccc(OCc2ccccc2)cc1)c1cnn2c1NC(c1ccc3ccccc3c1)CC2C(F)(F)F. The number of fused-ring (bicyclic) bond motifs is 2. The van der Waals surface area contributed by atoms with Crippen molar-refractivity contribution in [2.45, 2.75) is 44.1 Å². The molecule has 1 aromatic heterocycles. The molecule has 5 aromatic rings. The minimum Gasteiger partial charge on any atom is -0.489 e. The van der Waals surface area contributed by atoms with Crippen molar-refractivity contribution < 1.29 is 22.7 Å². The van der Waals surface area contributed by atoms with Gasteiger partial charge in [0.05, 0.1) is 17.8 Å². The van der Waals surface area contributed by atoms with Gasteiger partial charge in [0.2, 0.25) is 0 Å². The number of benzene rings is 4. The van der Waals surface area contributed by atoms with Crippen LogP contribution in [0.2, 0.25) is 0 Å². The van der Waals surface area contributed by atoms with E-state index in [4.69, 9.17) is 4.74 Å². The second kappa shape index (κ2) is 11.1. The highest BCUT2D eigenvalue weighted by atomic mass is 19.4. The van der Waals surface area contributed by atoms with Crippen LogP contribution in [0.5, 0.6) is 5.75 Å². The lowest BCUT2D eigenvalue weighted by atomic mass is 9.94. The van der Waals surface area contributed by atoms with Gasteiger partial charge in [-0.25, -0.2) is 4.68 Å². The summed E-state index contributed by atoms with van der Waals surface area (Å²) in [5, 5.41) is 9.18. The van der Waals surface area contributed by atoms with Crippen molar-refractivity contribution in [3.8, 4) is 5.75 Å². The molecule has 1 aliphatic rings. The van der Waals surface area contributed by atoms with Crippen LogP contribution in [0.4, 0.5) is 19.0 Å². The molecule has 6 rings (SSSR count). The molecular formula is C33H28F3N3O2. The van der Waals surface area contributed by atoms with Gasteiger partial charge in [0.1, 0.15) is 18.2 Å². The van der Waals surface area contributed by atoms with Crippen molar-refractivity contribution >= 4 is 22.4 Å². The average molecular weight is 556 g/mol. The predicted molar refractivity (Wildman–Crippen MR) is 152 cm³/mol. The average Bonchev–Trinajstić information content (AvgIpc) is 3.43. The predicted octanol–water partition coefficient (Wildman–Crippen LogP) is 8.09. The van der Waals surface area contributed by atoms with Crippen LogP contribution in [-0.2, 0) is 13.0 Å². The van der Waals surface area contributed by atoms with Gasteiger partial charge in [-0.3, -0.25) is 4.79 Å². The van der Waals surface area contributed by atoms with Crippen molar-refractivity contribution in [1.82, 2.24) is 9.78 Å². The summed E-state index contributed by atoms with van der Waals surface area (Å²) in [6.45, 7) is 0.456. The van der Waals surface area contributed by atoms with Crippen LogP contribution in [-0.4, -0.2) is 21.7 Å². The first-order valence-electron chi connectivity index (χ1n) is 13.5. The van der Waals surface area contributed by atoms with Gasteiger partial charge >= 0.3 is 6.18 Å². The van der Waals surface area contributed by atoms with E-state index in [1.165, 1.54) is 6.20 Å². The van der Waals surface area contributed by atoms with Crippen molar-refractivity contribution in [3.05, 3.63) is 126 Å². The van der Waals surface area contributed by atoms with Crippen molar-refractivity contribution in [2.24, 2.45) is 0 Å². The fraction of sp³-hybridized carbons (Fsp3) is 0.212. The Labute approximate surface area is 235 Å². The number of hydrogen-bond acceptors (Lipinski definition) is 4. The molecule has 5 nitrogen and oxygen atoms in total. The standard InChI is InChI=1S/C33H28F3N3O2/c34-33(35,36)31-19-29(26-14-13-24-8-4-5-9-25(24)18-26)38-32-28(20-37-39(31)32)30(40)17-12-22-10-15-27(16-11-22)41-21-23-6-2-1-3-7-23/h1-11,13-16,18,20,29,31,38H,12,17,19,21H2. The zero-order valence-electron chi connectivity index (χ0n) is 22.1. The first-order chi connectivity index (χ1) is 19.8. The fourth-order valence-electron chi connectivity index (χ4n) is 5.30. The van der Waals surface area contributed by atoms with Gasteiger partial charge in [0.15, 0.2) is 11.8 Å². The summed E-state index contributed by atoms with van der Waals surface area (Å²) >= 11 is 0. The van der Waals surface area contributed by atoms with Gasteiger partial charge in [-0.1, -0.05) is 78.9 Å². The number of nitrogens with one attached hydrogen (secondary N) is 1. The molecule has 0 saturated carbocycles. The lowest BCUT2D eigenvalue weighted by Gasteiger charge is -2.34. The third-order valence-electron chi connectivity index (χ3n) is 7.53. The first-order valence-corrected chi connectivity index (χ1v) is 13.5. The highest BCUT2D eigenvalue weighted by Gasteiger charge is 2.47. The molecule has 0 fully saturated rings. The number of hydrogen-bond donors (Lipinski definition) is 1. The van der Waals surface area contributed by atoms with E-state index in [1.54, 1.807) is 0 Å². The summed E-state index contributed by atoms with van der Waals surface area (Å²) in [6.07, 6.45) is -2.89. The Balaban J connectivity index is 1.16. The Morgan fingerprint density at radius 2 is 1.63 bits per heavy atom. The summed E-state index contributed by atoms with van der Waals surface area (Å²) in [5.41, 5.74) is 2.91. The highest BCUT2D eigenvalue weighted by Crippen LogP contribution is 2.44. The van der Waals surface area contributed by atoms with Crippen LogP contribution < -0.4 is 10.1 Å². The second-order valence-corrected chi connectivity index (χ2v) is 10.3. The molecule has 1 aliphatic heterocycles. The third-order valence-corrected chi connectivity index (χ3v) is 7.53. The Bertz CT molecular complexity index is 1660. The quantitative estimate of drug-likeness (QED) is 0.197. The van der Waals surface area contributed by atoms with Crippen LogP contribution in [0.25, 0.3) is 10.8 Å². The van der Waals surface area contributed by atoms with E-state index < -0.39 is 18.3 Å². The molecule has 0 radical (unpaired) electrons. The number of carbonyl (C=O) groups is 1. The Kier molecular flexibility index (Phi) is 7.22. The zero-order chi connectivity index (χ0) is 28.4. The van der Waals surface area contributed by atoms with Crippen molar-refractivity contribution in [3.63, 3.8) is 0 Å². The molecular weight excluding hydrogens is 527 g/mol. The van der Waals surface area contributed by atoms with Crippen LogP contribution in [0.1, 0.15) is 52.0 Å². The maximum Gasteiger partial charge on any atom is 0.410 e. The summed E-state index contributed by atoms with van der Waals surface area (Å²) in [4.78, 5) is 13.3. The van der Waals surface area contributed by atoms with E-state index in [1.807, 2.05) is 97.1 Å². The summed E-state index contributed by atoms with van der Waals surface area (Å²) in [5.74, 6) is 0.575. The normalized spacial score (nSPS) is 16.7. The number of alkyl halides is 3.